The molecule has 0 aliphatic carbocycles. The van der Waals surface area contributed by atoms with Gasteiger partial charge in [0.05, 0.1) is 0 Å². The van der Waals surface area contributed by atoms with Crippen molar-refractivity contribution >= 4 is 6.41 Å². The van der Waals surface area contributed by atoms with Crippen LogP contribution in [0.4, 0.5) is 0 Å². The number of piperidine rings is 1. The Hall–Kier alpha value is -0.570. The molecule has 0 unspecified atom stereocenters. The molecule has 68 valence electrons. The molecular formula is C9H16N2O. The largest absolute Gasteiger partial charge is 0.339 e. The lowest BCUT2D eigenvalue weighted by Crippen LogP contribution is -2.50. The minimum atomic E-state index is 0.243. The molecule has 3 nitrogen and oxygen atoms in total. The molecule has 2 aliphatic heterocycles. The van der Waals surface area contributed by atoms with Gasteiger partial charge < -0.3 is 10.2 Å². The molecule has 2 saturated heterocycles. The normalized spacial score (nSPS) is 27.8. The van der Waals surface area contributed by atoms with E-state index in [4.69, 9.17) is 0 Å². The molecule has 1 spiro atoms. The Morgan fingerprint density at radius 1 is 1.25 bits per heavy atom. The van der Waals surface area contributed by atoms with Crippen LogP contribution in [0, 0.1) is 0 Å². The van der Waals surface area contributed by atoms with Crippen molar-refractivity contribution in [3.05, 3.63) is 0 Å². The van der Waals surface area contributed by atoms with Crippen LogP contribution >= 0.6 is 0 Å². The molecule has 0 aromatic carbocycles. The first-order chi connectivity index (χ1) is 5.87. The van der Waals surface area contributed by atoms with Crippen molar-refractivity contribution < 1.29 is 4.79 Å². The van der Waals surface area contributed by atoms with Crippen LogP contribution in [-0.2, 0) is 4.79 Å². The second-order valence-electron chi connectivity index (χ2n) is 3.88. The summed E-state index contributed by atoms with van der Waals surface area (Å²) < 4.78 is 0. The van der Waals surface area contributed by atoms with Gasteiger partial charge >= 0.3 is 0 Å². The van der Waals surface area contributed by atoms with E-state index in [0.29, 0.717) is 0 Å². The zero-order valence-electron chi connectivity index (χ0n) is 7.38. The summed E-state index contributed by atoms with van der Waals surface area (Å²) in [6.45, 7) is 3.12. The minimum Gasteiger partial charge on any atom is -0.339 e. The van der Waals surface area contributed by atoms with Gasteiger partial charge in [0.25, 0.3) is 0 Å². The Labute approximate surface area is 73.1 Å². The van der Waals surface area contributed by atoms with Gasteiger partial charge in [0.2, 0.25) is 6.41 Å². The number of rotatable bonds is 1. The number of carbonyl (C=O) groups excluding carboxylic acids is 1. The third-order valence-electron chi connectivity index (χ3n) is 3.31. The lowest BCUT2D eigenvalue weighted by atomic mass is 9.86. The monoisotopic (exact) mass is 168 g/mol. The van der Waals surface area contributed by atoms with Crippen LogP contribution in [-0.4, -0.2) is 36.5 Å². The molecule has 3 heteroatoms. The molecule has 12 heavy (non-hydrogen) atoms. The molecule has 2 fully saturated rings. The standard InChI is InChI=1S/C9H16N2O/c12-8-11-7-1-2-9(11)3-5-10-6-4-9/h8,10H,1-7H2. The average molecular weight is 168 g/mol. The van der Waals surface area contributed by atoms with Gasteiger partial charge in [-0.15, -0.1) is 0 Å². The molecule has 0 bridgehead atoms. The molecule has 2 rings (SSSR count). The number of nitrogens with one attached hydrogen (secondary N) is 1. The van der Waals surface area contributed by atoms with Crippen molar-refractivity contribution in [2.45, 2.75) is 31.2 Å². The summed E-state index contributed by atoms with van der Waals surface area (Å²) in [4.78, 5) is 12.8. The van der Waals surface area contributed by atoms with Crippen molar-refractivity contribution in [3.63, 3.8) is 0 Å². The fourth-order valence-electron chi connectivity index (χ4n) is 2.55. The predicted octanol–water partition coefficient (Wildman–Crippen LogP) is 0.361. The summed E-state index contributed by atoms with van der Waals surface area (Å²) in [6, 6.07) is 0. The van der Waals surface area contributed by atoms with E-state index < -0.39 is 0 Å². The quantitative estimate of drug-likeness (QED) is 0.573. The van der Waals surface area contributed by atoms with Crippen LogP contribution in [0.25, 0.3) is 0 Å². The van der Waals surface area contributed by atoms with Gasteiger partial charge in [0.1, 0.15) is 0 Å². The zero-order valence-corrected chi connectivity index (χ0v) is 7.38. The Morgan fingerprint density at radius 2 is 2.00 bits per heavy atom. The Kier molecular flexibility index (Phi) is 2.05. The molecular weight excluding hydrogens is 152 g/mol. The maximum Gasteiger partial charge on any atom is 0.210 e. The smallest absolute Gasteiger partial charge is 0.210 e. The minimum absolute atomic E-state index is 0.243. The first-order valence-electron chi connectivity index (χ1n) is 4.80. The molecule has 1 amide bonds. The topological polar surface area (TPSA) is 32.3 Å². The van der Waals surface area contributed by atoms with Gasteiger partial charge in [-0.25, -0.2) is 0 Å². The summed E-state index contributed by atoms with van der Waals surface area (Å²) in [7, 11) is 0. The maximum atomic E-state index is 10.8. The first-order valence-corrected chi connectivity index (χ1v) is 4.80. The van der Waals surface area contributed by atoms with E-state index in [1.54, 1.807) is 0 Å². The molecule has 0 saturated carbocycles. The van der Waals surface area contributed by atoms with Crippen molar-refractivity contribution in [1.29, 1.82) is 0 Å². The van der Waals surface area contributed by atoms with Gasteiger partial charge in [-0.3, -0.25) is 4.79 Å². The number of amides is 1. The molecule has 2 heterocycles. The van der Waals surface area contributed by atoms with Gasteiger partial charge in [0, 0.05) is 12.1 Å². The third-order valence-corrected chi connectivity index (χ3v) is 3.31. The highest BCUT2D eigenvalue weighted by Gasteiger charge is 2.40. The first kappa shape index (κ1) is 8.05. The van der Waals surface area contributed by atoms with E-state index in [1.165, 1.54) is 12.8 Å². The summed E-state index contributed by atoms with van der Waals surface area (Å²) in [5.41, 5.74) is 0.243. The highest BCUT2D eigenvalue weighted by Crippen LogP contribution is 2.35. The van der Waals surface area contributed by atoms with E-state index in [1.807, 2.05) is 4.90 Å². The lowest BCUT2D eigenvalue weighted by molar-refractivity contribution is -0.122. The highest BCUT2D eigenvalue weighted by molar-refractivity contribution is 5.50. The molecule has 1 N–H and O–H groups in total. The number of nitrogens with zero attached hydrogens (tertiary/aromatic N) is 1. The van der Waals surface area contributed by atoms with E-state index >= 15 is 0 Å². The number of carbonyl (C=O) groups is 1. The zero-order chi connectivity index (χ0) is 8.44. The number of hydrogen-bond acceptors (Lipinski definition) is 2. The number of hydrogen-bond donors (Lipinski definition) is 1. The van der Waals surface area contributed by atoms with Crippen molar-refractivity contribution in [1.82, 2.24) is 10.2 Å². The van der Waals surface area contributed by atoms with Crippen LogP contribution in [0.3, 0.4) is 0 Å². The third kappa shape index (κ3) is 1.12. The van der Waals surface area contributed by atoms with Gasteiger partial charge in [-0.1, -0.05) is 0 Å². The molecule has 0 atom stereocenters. The summed E-state index contributed by atoms with van der Waals surface area (Å²) in [5, 5.41) is 3.34. The van der Waals surface area contributed by atoms with Crippen LogP contribution < -0.4 is 5.32 Å². The summed E-state index contributed by atoms with van der Waals surface area (Å²) >= 11 is 0. The lowest BCUT2D eigenvalue weighted by Gasteiger charge is -2.39. The van der Waals surface area contributed by atoms with Crippen LogP contribution in [0.1, 0.15) is 25.7 Å². The van der Waals surface area contributed by atoms with E-state index in [0.717, 1.165) is 38.9 Å². The average Bonchev–Trinajstić information content (AvgIpc) is 2.49. The molecule has 0 aromatic heterocycles. The predicted molar refractivity (Wildman–Crippen MR) is 46.8 cm³/mol. The SMILES string of the molecule is O=CN1CCCC12CCNCC2. The fourth-order valence-corrected chi connectivity index (χ4v) is 2.55. The van der Waals surface area contributed by atoms with E-state index in [-0.39, 0.29) is 5.54 Å². The van der Waals surface area contributed by atoms with Crippen LogP contribution in [0.15, 0.2) is 0 Å². The second kappa shape index (κ2) is 3.05. The maximum absolute atomic E-state index is 10.8. The molecule has 0 aromatic rings. The summed E-state index contributed by atoms with van der Waals surface area (Å²) in [5.74, 6) is 0. The van der Waals surface area contributed by atoms with Crippen molar-refractivity contribution in [2.24, 2.45) is 0 Å². The van der Waals surface area contributed by atoms with Crippen LogP contribution in [0.2, 0.25) is 0 Å². The Balaban J connectivity index is 2.10. The van der Waals surface area contributed by atoms with E-state index in [2.05, 4.69) is 5.32 Å². The van der Waals surface area contributed by atoms with Crippen LogP contribution in [0.5, 0.6) is 0 Å². The second-order valence-corrected chi connectivity index (χ2v) is 3.88. The highest BCUT2D eigenvalue weighted by atomic mass is 16.1. The Morgan fingerprint density at radius 3 is 2.67 bits per heavy atom. The van der Waals surface area contributed by atoms with E-state index in [9.17, 15) is 4.79 Å². The van der Waals surface area contributed by atoms with Gasteiger partial charge in [0.15, 0.2) is 0 Å². The van der Waals surface area contributed by atoms with Gasteiger partial charge in [-0.2, -0.15) is 0 Å². The number of likely N-dealkylation sites (tertiary alicyclic amines) is 1. The fraction of sp³-hybridized carbons (Fsp3) is 0.889. The van der Waals surface area contributed by atoms with Gasteiger partial charge in [-0.05, 0) is 38.8 Å². The molecule has 2 aliphatic rings. The molecule has 0 radical (unpaired) electrons. The van der Waals surface area contributed by atoms with Crippen molar-refractivity contribution in [3.8, 4) is 0 Å². The summed E-state index contributed by atoms with van der Waals surface area (Å²) in [6.07, 6.45) is 5.74. The van der Waals surface area contributed by atoms with Crippen molar-refractivity contribution in [2.75, 3.05) is 19.6 Å². The Bertz CT molecular complexity index is 175.